The van der Waals surface area contributed by atoms with Crippen LogP contribution in [0.25, 0.3) is 32.7 Å². The van der Waals surface area contributed by atoms with E-state index in [1.807, 2.05) is 66.7 Å². The van der Waals surface area contributed by atoms with Crippen molar-refractivity contribution in [1.29, 1.82) is 0 Å². The van der Waals surface area contributed by atoms with Crippen molar-refractivity contribution in [2.75, 3.05) is 0 Å². The Morgan fingerprint density at radius 2 is 1.54 bits per heavy atom. The molecule has 0 aliphatic rings. The Labute approximate surface area is 146 Å². The van der Waals surface area contributed by atoms with E-state index in [4.69, 9.17) is 0 Å². The second-order valence-corrected chi connectivity index (χ2v) is 6.44. The molecule has 0 heterocycles. The number of nitro benzene ring substituents is 1. The molecule has 0 N–H and O–H groups in total. The van der Waals surface area contributed by atoms with Crippen molar-refractivity contribution < 1.29 is 4.92 Å². The third-order valence-corrected chi connectivity index (χ3v) is 4.87. The molecular formula is C20H12BrNO2. The summed E-state index contributed by atoms with van der Waals surface area (Å²) in [5, 5.41) is 15.2. The monoisotopic (exact) mass is 377 g/mol. The van der Waals surface area contributed by atoms with Crippen LogP contribution in [0, 0.1) is 10.1 Å². The lowest BCUT2D eigenvalue weighted by Gasteiger charge is -2.12. The van der Waals surface area contributed by atoms with Crippen LogP contribution in [-0.2, 0) is 0 Å². The smallest absolute Gasteiger partial charge is 0.258 e. The van der Waals surface area contributed by atoms with Gasteiger partial charge in [-0.2, -0.15) is 0 Å². The third-order valence-electron chi connectivity index (χ3n) is 4.21. The molecule has 0 amide bonds. The van der Waals surface area contributed by atoms with Crippen molar-refractivity contribution in [2.45, 2.75) is 0 Å². The second-order valence-electron chi connectivity index (χ2n) is 5.58. The van der Waals surface area contributed by atoms with Crippen LogP contribution < -0.4 is 0 Å². The maximum absolute atomic E-state index is 11.7. The van der Waals surface area contributed by atoms with Crippen LogP contribution in [0.4, 0.5) is 5.69 Å². The number of halogens is 1. The van der Waals surface area contributed by atoms with Crippen LogP contribution in [0.2, 0.25) is 0 Å². The maximum atomic E-state index is 11.7. The summed E-state index contributed by atoms with van der Waals surface area (Å²) in [7, 11) is 0. The molecule has 0 aliphatic heterocycles. The lowest BCUT2D eigenvalue weighted by molar-refractivity contribution is -0.382. The van der Waals surface area contributed by atoms with Gasteiger partial charge in [-0.1, -0.05) is 76.6 Å². The number of fused-ring (bicyclic) bond motifs is 3. The Balaban J connectivity index is 2.26. The molecule has 0 unspecified atom stereocenters. The van der Waals surface area contributed by atoms with E-state index in [0.29, 0.717) is 5.39 Å². The Kier molecular flexibility index (Phi) is 3.54. The Morgan fingerprint density at radius 3 is 2.29 bits per heavy atom. The quantitative estimate of drug-likeness (QED) is 0.232. The molecule has 116 valence electrons. The van der Waals surface area contributed by atoms with Gasteiger partial charge in [-0.05, 0) is 27.8 Å². The fraction of sp³-hybridized carbons (Fsp3) is 0. The zero-order chi connectivity index (χ0) is 16.7. The van der Waals surface area contributed by atoms with E-state index in [-0.39, 0.29) is 10.6 Å². The van der Waals surface area contributed by atoms with Crippen molar-refractivity contribution in [3.63, 3.8) is 0 Å². The summed E-state index contributed by atoms with van der Waals surface area (Å²) in [4.78, 5) is 11.4. The molecule has 0 spiro atoms. The zero-order valence-electron chi connectivity index (χ0n) is 12.6. The summed E-state index contributed by atoms with van der Waals surface area (Å²) in [6.45, 7) is 0. The van der Waals surface area contributed by atoms with Gasteiger partial charge in [0, 0.05) is 16.1 Å². The highest BCUT2D eigenvalue weighted by Crippen LogP contribution is 2.43. The maximum Gasteiger partial charge on any atom is 0.278 e. The number of hydrogen-bond acceptors (Lipinski definition) is 2. The van der Waals surface area contributed by atoms with E-state index in [2.05, 4.69) is 15.9 Å². The van der Waals surface area contributed by atoms with Gasteiger partial charge in [0.15, 0.2) is 0 Å². The van der Waals surface area contributed by atoms with Gasteiger partial charge in [-0.25, -0.2) is 0 Å². The van der Waals surface area contributed by atoms with Gasteiger partial charge in [-0.15, -0.1) is 0 Å². The zero-order valence-corrected chi connectivity index (χ0v) is 14.2. The van der Waals surface area contributed by atoms with E-state index in [9.17, 15) is 10.1 Å². The van der Waals surface area contributed by atoms with Gasteiger partial charge in [0.1, 0.15) is 0 Å². The Morgan fingerprint density at radius 1 is 0.833 bits per heavy atom. The van der Waals surface area contributed by atoms with Crippen molar-refractivity contribution >= 4 is 43.2 Å². The molecule has 4 aromatic carbocycles. The standard InChI is InChI=1S/C20H12BrNO2/c21-17-11-10-16-15-9-5-4-8-14(15)12-18(22(23)24)20(16)19(17)13-6-2-1-3-7-13/h1-12H. The van der Waals surface area contributed by atoms with Gasteiger partial charge in [0.25, 0.3) is 5.69 Å². The number of benzene rings is 4. The predicted molar refractivity (Wildman–Crippen MR) is 101 cm³/mol. The summed E-state index contributed by atoms with van der Waals surface area (Å²) < 4.78 is 0.847. The van der Waals surface area contributed by atoms with E-state index >= 15 is 0 Å². The van der Waals surface area contributed by atoms with Gasteiger partial charge in [0.05, 0.1) is 10.3 Å². The van der Waals surface area contributed by atoms with Crippen LogP contribution in [0.1, 0.15) is 0 Å². The third kappa shape index (κ3) is 2.27. The molecule has 0 bridgehead atoms. The minimum atomic E-state index is -0.298. The summed E-state index contributed by atoms with van der Waals surface area (Å²) in [5.74, 6) is 0. The van der Waals surface area contributed by atoms with E-state index in [1.165, 1.54) is 0 Å². The lowest BCUT2D eigenvalue weighted by atomic mass is 9.93. The first-order valence-corrected chi connectivity index (χ1v) is 8.30. The summed E-state index contributed by atoms with van der Waals surface area (Å²) in [6.07, 6.45) is 0. The molecule has 24 heavy (non-hydrogen) atoms. The molecule has 0 saturated carbocycles. The van der Waals surface area contributed by atoms with E-state index in [1.54, 1.807) is 6.07 Å². The first kappa shape index (κ1) is 14.8. The minimum Gasteiger partial charge on any atom is -0.258 e. The lowest BCUT2D eigenvalue weighted by Crippen LogP contribution is -1.94. The molecule has 0 atom stereocenters. The Hall–Kier alpha value is -2.72. The first-order chi connectivity index (χ1) is 11.7. The Bertz CT molecular complexity index is 1090. The van der Waals surface area contributed by atoms with Crippen LogP contribution >= 0.6 is 15.9 Å². The summed E-state index contributed by atoms with van der Waals surface area (Å²) >= 11 is 3.58. The SMILES string of the molecule is O=[N+]([O-])c1cc2ccccc2c2ccc(Br)c(-c3ccccc3)c12. The van der Waals surface area contributed by atoms with Gasteiger partial charge < -0.3 is 0 Å². The fourth-order valence-electron chi connectivity index (χ4n) is 3.19. The summed E-state index contributed by atoms with van der Waals surface area (Å²) in [6, 6.07) is 23.1. The van der Waals surface area contributed by atoms with Crippen LogP contribution in [-0.4, -0.2) is 4.92 Å². The van der Waals surface area contributed by atoms with Crippen molar-refractivity contribution in [3.8, 4) is 11.1 Å². The topological polar surface area (TPSA) is 43.1 Å². The molecule has 4 aromatic rings. The van der Waals surface area contributed by atoms with Crippen molar-refractivity contribution in [1.82, 2.24) is 0 Å². The molecule has 0 radical (unpaired) electrons. The van der Waals surface area contributed by atoms with Crippen molar-refractivity contribution in [2.24, 2.45) is 0 Å². The molecular weight excluding hydrogens is 366 g/mol. The van der Waals surface area contributed by atoms with Crippen molar-refractivity contribution in [3.05, 3.63) is 87.4 Å². The molecule has 0 aromatic heterocycles. The van der Waals surface area contributed by atoms with Crippen LogP contribution in [0.5, 0.6) is 0 Å². The average Bonchev–Trinajstić information content (AvgIpc) is 2.61. The number of non-ortho nitro benzene ring substituents is 1. The second kappa shape index (κ2) is 5.73. The largest absolute Gasteiger partial charge is 0.278 e. The predicted octanol–water partition coefficient (Wildman–Crippen LogP) is 6.33. The van der Waals surface area contributed by atoms with Gasteiger partial charge in [0.2, 0.25) is 0 Å². The molecule has 0 aliphatic carbocycles. The number of hydrogen-bond donors (Lipinski definition) is 0. The molecule has 4 heteroatoms. The van der Waals surface area contributed by atoms with Gasteiger partial charge in [-0.3, -0.25) is 10.1 Å². The number of nitrogens with zero attached hydrogens (tertiary/aromatic N) is 1. The van der Waals surface area contributed by atoms with Gasteiger partial charge >= 0.3 is 0 Å². The molecule has 4 rings (SSSR count). The normalized spacial score (nSPS) is 11.0. The highest BCUT2D eigenvalue weighted by Gasteiger charge is 2.20. The van der Waals surface area contributed by atoms with E-state index in [0.717, 1.165) is 31.8 Å². The first-order valence-electron chi connectivity index (χ1n) is 7.50. The minimum absolute atomic E-state index is 0.129. The highest BCUT2D eigenvalue weighted by molar-refractivity contribution is 9.10. The summed E-state index contributed by atoms with van der Waals surface area (Å²) in [5.41, 5.74) is 1.93. The average molecular weight is 378 g/mol. The molecule has 3 nitrogen and oxygen atoms in total. The highest BCUT2D eigenvalue weighted by atomic mass is 79.9. The van der Waals surface area contributed by atoms with Crippen LogP contribution in [0.3, 0.4) is 0 Å². The fourth-order valence-corrected chi connectivity index (χ4v) is 3.75. The molecule has 0 fully saturated rings. The van der Waals surface area contributed by atoms with E-state index < -0.39 is 0 Å². The molecule has 0 saturated heterocycles. The number of rotatable bonds is 2. The number of nitro groups is 1. The van der Waals surface area contributed by atoms with Crippen LogP contribution in [0.15, 0.2) is 77.3 Å².